The van der Waals surface area contributed by atoms with Crippen LogP contribution in [0, 0.1) is 12.8 Å². The van der Waals surface area contributed by atoms with E-state index in [1.165, 1.54) is 12.1 Å². The third-order valence-corrected chi connectivity index (χ3v) is 5.12. The summed E-state index contributed by atoms with van der Waals surface area (Å²) < 4.78 is 3.10. The maximum atomic E-state index is 6.07. The maximum Gasteiger partial charge on any atom is 0.0739 e. The summed E-state index contributed by atoms with van der Waals surface area (Å²) in [6.07, 6.45) is 1.24. The molecule has 2 unspecified atom stereocenters. The summed E-state index contributed by atoms with van der Waals surface area (Å²) in [6, 6.07) is 0.499. The molecular formula is C12H19BrClN3. The molecule has 96 valence electrons. The van der Waals surface area contributed by atoms with Crippen LogP contribution in [-0.4, -0.2) is 33.1 Å². The first kappa shape index (κ1) is 13.4. The van der Waals surface area contributed by atoms with Crippen LogP contribution < -0.4 is 0 Å². The number of likely N-dealkylation sites (tertiary alicyclic amines) is 1. The summed E-state index contributed by atoms with van der Waals surface area (Å²) in [7, 11) is 2.00. The van der Waals surface area contributed by atoms with E-state index in [-0.39, 0.29) is 0 Å². The Morgan fingerprint density at radius 1 is 1.53 bits per heavy atom. The summed E-state index contributed by atoms with van der Waals surface area (Å²) >= 11 is 9.69. The van der Waals surface area contributed by atoms with Crippen molar-refractivity contribution in [2.24, 2.45) is 13.0 Å². The van der Waals surface area contributed by atoms with E-state index in [1.807, 2.05) is 18.7 Å². The quantitative estimate of drug-likeness (QED) is 0.799. The Labute approximate surface area is 116 Å². The monoisotopic (exact) mass is 319 g/mol. The van der Waals surface area contributed by atoms with Gasteiger partial charge in [-0.15, -0.1) is 11.6 Å². The molecule has 0 aromatic carbocycles. The largest absolute Gasteiger partial charge is 0.293 e. The lowest BCUT2D eigenvalue weighted by molar-refractivity contribution is 0.235. The fourth-order valence-electron chi connectivity index (χ4n) is 2.58. The summed E-state index contributed by atoms with van der Waals surface area (Å²) in [4.78, 5) is 2.47. The van der Waals surface area contributed by atoms with Gasteiger partial charge in [-0.2, -0.15) is 5.10 Å². The second kappa shape index (κ2) is 5.29. The first-order chi connectivity index (χ1) is 8.04. The molecule has 1 fully saturated rings. The maximum absolute atomic E-state index is 6.07. The topological polar surface area (TPSA) is 21.1 Å². The van der Waals surface area contributed by atoms with Crippen molar-refractivity contribution >= 4 is 27.5 Å². The van der Waals surface area contributed by atoms with Crippen molar-refractivity contribution < 1.29 is 0 Å². The lowest BCUT2D eigenvalue weighted by Gasteiger charge is -2.24. The van der Waals surface area contributed by atoms with Crippen LogP contribution in [0.25, 0.3) is 0 Å². The zero-order valence-corrected chi connectivity index (χ0v) is 12.9. The second-order valence-corrected chi connectivity index (χ2v) is 6.03. The van der Waals surface area contributed by atoms with E-state index in [0.717, 1.165) is 29.1 Å². The number of halogens is 2. The third kappa shape index (κ3) is 2.54. The summed E-state index contributed by atoms with van der Waals surface area (Å²) in [5, 5.41) is 4.43. The molecule has 1 aliphatic rings. The van der Waals surface area contributed by atoms with Gasteiger partial charge in [0.05, 0.1) is 15.9 Å². The average Bonchev–Trinajstić information content (AvgIpc) is 2.75. The van der Waals surface area contributed by atoms with Gasteiger partial charge in [0.25, 0.3) is 0 Å². The van der Waals surface area contributed by atoms with Crippen molar-refractivity contribution in [1.29, 1.82) is 0 Å². The molecule has 1 aromatic rings. The molecule has 5 heteroatoms. The highest BCUT2D eigenvalue weighted by atomic mass is 79.9. The predicted molar refractivity (Wildman–Crippen MR) is 74.3 cm³/mol. The Morgan fingerprint density at radius 2 is 2.24 bits per heavy atom. The Morgan fingerprint density at radius 3 is 2.76 bits per heavy atom. The number of rotatable bonds is 3. The van der Waals surface area contributed by atoms with Crippen LogP contribution in [0.4, 0.5) is 0 Å². The lowest BCUT2D eigenvalue weighted by atomic mass is 10.1. The number of aromatic nitrogens is 2. The molecule has 2 heterocycles. The van der Waals surface area contributed by atoms with Crippen LogP contribution in [0.5, 0.6) is 0 Å². The van der Waals surface area contributed by atoms with Crippen LogP contribution >= 0.6 is 27.5 Å². The highest BCUT2D eigenvalue weighted by Gasteiger charge is 2.31. The highest BCUT2D eigenvalue weighted by Crippen LogP contribution is 2.29. The Balaban J connectivity index is 2.15. The zero-order chi connectivity index (χ0) is 12.6. The molecule has 2 rings (SSSR count). The summed E-state index contributed by atoms with van der Waals surface area (Å²) in [6.45, 7) is 6.38. The van der Waals surface area contributed by atoms with Crippen molar-refractivity contribution in [3.8, 4) is 0 Å². The van der Waals surface area contributed by atoms with Gasteiger partial charge in [0, 0.05) is 25.5 Å². The van der Waals surface area contributed by atoms with Gasteiger partial charge in [0.15, 0.2) is 0 Å². The number of aryl methyl sites for hydroxylation is 2. The van der Waals surface area contributed by atoms with Gasteiger partial charge in [-0.3, -0.25) is 9.58 Å². The minimum absolute atomic E-state index is 0.499. The van der Waals surface area contributed by atoms with E-state index < -0.39 is 0 Å². The molecule has 0 spiro atoms. The normalized spacial score (nSPS) is 25.7. The number of hydrogen-bond acceptors (Lipinski definition) is 2. The number of nitrogens with zero attached hydrogens (tertiary/aromatic N) is 3. The smallest absolute Gasteiger partial charge is 0.0739 e. The van der Waals surface area contributed by atoms with E-state index in [1.54, 1.807) is 0 Å². The molecule has 0 N–H and O–H groups in total. The summed E-state index contributed by atoms with van der Waals surface area (Å²) in [5.74, 6) is 1.41. The SMILES string of the molecule is Cc1nn(C)c(CN2CCC(C)C2CCl)c1Br. The van der Waals surface area contributed by atoms with Gasteiger partial charge in [-0.1, -0.05) is 6.92 Å². The first-order valence-corrected chi connectivity index (χ1v) is 7.35. The highest BCUT2D eigenvalue weighted by molar-refractivity contribution is 9.10. The van der Waals surface area contributed by atoms with Crippen molar-refractivity contribution in [1.82, 2.24) is 14.7 Å². The molecule has 0 radical (unpaired) electrons. The van der Waals surface area contributed by atoms with E-state index >= 15 is 0 Å². The van der Waals surface area contributed by atoms with Gasteiger partial charge in [0.2, 0.25) is 0 Å². The van der Waals surface area contributed by atoms with E-state index in [9.17, 15) is 0 Å². The van der Waals surface area contributed by atoms with E-state index in [4.69, 9.17) is 11.6 Å². The van der Waals surface area contributed by atoms with Crippen LogP contribution in [-0.2, 0) is 13.6 Å². The molecule has 1 saturated heterocycles. The van der Waals surface area contributed by atoms with Gasteiger partial charge >= 0.3 is 0 Å². The van der Waals surface area contributed by atoms with Crippen molar-refractivity contribution in [3.05, 3.63) is 15.9 Å². The standard InChI is InChI=1S/C12H19BrClN3/c1-8-4-5-17(10(8)6-14)7-11-12(13)9(2)15-16(11)3/h8,10H,4-7H2,1-3H3. The average molecular weight is 321 g/mol. The molecule has 0 bridgehead atoms. The van der Waals surface area contributed by atoms with E-state index in [2.05, 4.69) is 32.9 Å². The van der Waals surface area contributed by atoms with Crippen LogP contribution in [0.3, 0.4) is 0 Å². The first-order valence-electron chi connectivity index (χ1n) is 6.02. The lowest BCUT2D eigenvalue weighted by Crippen LogP contribution is -2.33. The fraction of sp³-hybridized carbons (Fsp3) is 0.750. The molecule has 0 amide bonds. The Bertz CT molecular complexity index is 405. The van der Waals surface area contributed by atoms with Gasteiger partial charge in [-0.05, 0) is 41.7 Å². The Hall–Kier alpha value is -0.0600. The minimum atomic E-state index is 0.499. The molecular weight excluding hydrogens is 302 g/mol. The molecule has 0 saturated carbocycles. The summed E-state index contributed by atoms with van der Waals surface area (Å²) in [5.41, 5.74) is 2.30. The molecule has 17 heavy (non-hydrogen) atoms. The number of alkyl halides is 1. The van der Waals surface area contributed by atoms with Crippen molar-refractivity contribution in [2.45, 2.75) is 32.9 Å². The fourth-order valence-corrected chi connectivity index (χ4v) is 3.54. The zero-order valence-electron chi connectivity index (χ0n) is 10.6. The number of hydrogen-bond donors (Lipinski definition) is 0. The van der Waals surface area contributed by atoms with E-state index in [0.29, 0.717) is 12.0 Å². The molecule has 0 aliphatic carbocycles. The molecule has 2 atom stereocenters. The molecule has 1 aliphatic heterocycles. The third-order valence-electron chi connectivity index (χ3n) is 3.77. The van der Waals surface area contributed by atoms with Gasteiger partial charge < -0.3 is 0 Å². The van der Waals surface area contributed by atoms with Crippen LogP contribution in [0.1, 0.15) is 24.7 Å². The molecule has 3 nitrogen and oxygen atoms in total. The second-order valence-electron chi connectivity index (χ2n) is 4.93. The van der Waals surface area contributed by atoms with Crippen LogP contribution in [0.2, 0.25) is 0 Å². The molecule has 1 aromatic heterocycles. The van der Waals surface area contributed by atoms with Crippen molar-refractivity contribution in [3.63, 3.8) is 0 Å². The van der Waals surface area contributed by atoms with Gasteiger partial charge in [-0.25, -0.2) is 0 Å². The Kier molecular flexibility index (Phi) is 4.16. The van der Waals surface area contributed by atoms with Gasteiger partial charge in [0.1, 0.15) is 0 Å². The van der Waals surface area contributed by atoms with Crippen molar-refractivity contribution in [2.75, 3.05) is 12.4 Å². The van der Waals surface area contributed by atoms with Crippen LogP contribution in [0.15, 0.2) is 4.47 Å². The predicted octanol–water partition coefficient (Wildman–Crippen LogP) is 2.94. The minimum Gasteiger partial charge on any atom is -0.293 e.